The lowest BCUT2D eigenvalue weighted by atomic mass is 10.1. The molecule has 0 aromatic heterocycles. The number of carbonyl (C=O) groups is 1. The Morgan fingerprint density at radius 1 is 1.59 bits per heavy atom. The first-order chi connectivity index (χ1) is 8.13. The number of aryl methyl sites for hydroxylation is 1. The summed E-state index contributed by atoms with van der Waals surface area (Å²) >= 11 is 0. The van der Waals surface area contributed by atoms with Gasteiger partial charge in [0, 0.05) is 12.1 Å². The summed E-state index contributed by atoms with van der Waals surface area (Å²) in [6.45, 7) is 2.38. The second-order valence-corrected chi connectivity index (χ2v) is 4.29. The quantitative estimate of drug-likeness (QED) is 0.800. The summed E-state index contributed by atoms with van der Waals surface area (Å²) in [4.78, 5) is 13.8. The summed E-state index contributed by atoms with van der Waals surface area (Å²) in [6, 6.07) is 6.60. The molecule has 0 saturated carbocycles. The fourth-order valence-electron chi connectivity index (χ4n) is 2.10. The van der Waals surface area contributed by atoms with E-state index in [2.05, 4.69) is 6.07 Å². The fourth-order valence-corrected chi connectivity index (χ4v) is 2.10. The van der Waals surface area contributed by atoms with Crippen molar-refractivity contribution in [3.63, 3.8) is 0 Å². The number of nitrogens with zero attached hydrogens (tertiary/aromatic N) is 2. The second kappa shape index (κ2) is 4.46. The number of hydrogen-bond donors (Lipinski definition) is 1. The summed E-state index contributed by atoms with van der Waals surface area (Å²) in [6.07, 6.45) is 1.63. The third kappa shape index (κ3) is 2.09. The number of aromatic hydroxyl groups is 1. The first-order valence-corrected chi connectivity index (χ1v) is 5.63. The zero-order chi connectivity index (χ0) is 12.4. The molecule has 1 aliphatic heterocycles. The van der Waals surface area contributed by atoms with Crippen molar-refractivity contribution in [1.82, 2.24) is 4.90 Å². The van der Waals surface area contributed by atoms with Crippen LogP contribution in [0.15, 0.2) is 18.2 Å². The summed E-state index contributed by atoms with van der Waals surface area (Å²) < 4.78 is 0. The Labute approximate surface area is 100 Å². The number of hydrogen-bond acceptors (Lipinski definition) is 3. The van der Waals surface area contributed by atoms with Gasteiger partial charge in [-0.2, -0.15) is 5.26 Å². The SMILES string of the molecule is Cc1cc(C(=O)N2CCCC2C#N)ccc1O. The summed E-state index contributed by atoms with van der Waals surface area (Å²) in [5.74, 6) is 0.0527. The van der Waals surface area contributed by atoms with Gasteiger partial charge in [0.25, 0.3) is 5.91 Å². The van der Waals surface area contributed by atoms with Gasteiger partial charge in [-0.05, 0) is 43.5 Å². The highest BCUT2D eigenvalue weighted by Crippen LogP contribution is 2.22. The standard InChI is InChI=1S/C13H14N2O2/c1-9-7-10(4-5-12(9)16)13(17)15-6-2-3-11(15)8-14/h4-5,7,11,16H,2-3,6H2,1H3. The molecule has 1 heterocycles. The molecule has 0 spiro atoms. The van der Waals surface area contributed by atoms with Crippen LogP contribution >= 0.6 is 0 Å². The zero-order valence-electron chi connectivity index (χ0n) is 9.68. The topological polar surface area (TPSA) is 64.3 Å². The number of phenolic OH excluding ortho intramolecular Hbond substituents is 1. The van der Waals surface area contributed by atoms with E-state index in [1.807, 2.05) is 0 Å². The molecule has 1 aromatic carbocycles. The highest BCUT2D eigenvalue weighted by molar-refractivity contribution is 5.95. The lowest BCUT2D eigenvalue weighted by molar-refractivity contribution is 0.0765. The van der Waals surface area contributed by atoms with Gasteiger partial charge in [-0.3, -0.25) is 4.79 Å². The Bertz CT molecular complexity index is 491. The average molecular weight is 230 g/mol. The third-order valence-corrected chi connectivity index (χ3v) is 3.11. The van der Waals surface area contributed by atoms with Gasteiger partial charge in [-0.25, -0.2) is 0 Å². The van der Waals surface area contributed by atoms with Crippen LogP contribution in [0.2, 0.25) is 0 Å². The van der Waals surface area contributed by atoms with E-state index in [-0.39, 0.29) is 17.7 Å². The number of nitriles is 1. The Morgan fingerprint density at radius 2 is 2.35 bits per heavy atom. The maximum absolute atomic E-state index is 12.2. The zero-order valence-corrected chi connectivity index (χ0v) is 9.68. The van der Waals surface area contributed by atoms with Crippen molar-refractivity contribution in [2.75, 3.05) is 6.54 Å². The number of carbonyl (C=O) groups excluding carboxylic acids is 1. The molecule has 0 bridgehead atoms. The van der Waals surface area contributed by atoms with Gasteiger partial charge >= 0.3 is 0 Å². The van der Waals surface area contributed by atoms with Crippen LogP contribution in [0.4, 0.5) is 0 Å². The maximum atomic E-state index is 12.2. The third-order valence-electron chi connectivity index (χ3n) is 3.11. The normalized spacial score (nSPS) is 19.1. The molecule has 4 heteroatoms. The van der Waals surface area contributed by atoms with Crippen molar-refractivity contribution < 1.29 is 9.90 Å². The van der Waals surface area contributed by atoms with Gasteiger partial charge < -0.3 is 10.0 Å². The van der Waals surface area contributed by atoms with E-state index in [0.29, 0.717) is 17.7 Å². The first-order valence-electron chi connectivity index (χ1n) is 5.63. The van der Waals surface area contributed by atoms with E-state index in [1.54, 1.807) is 24.0 Å². The van der Waals surface area contributed by atoms with E-state index in [9.17, 15) is 9.90 Å². The van der Waals surface area contributed by atoms with E-state index in [4.69, 9.17) is 5.26 Å². The highest BCUT2D eigenvalue weighted by atomic mass is 16.3. The Morgan fingerprint density at radius 3 is 3.00 bits per heavy atom. The van der Waals surface area contributed by atoms with Gasteiger partial charge in [0.1, 0.15) is 11.8 Å². The largest absolute Gasteiger partial charge is 0.508 e. The number of phenols is 1. The molecular weight excluding hydrogens is 216 g/mol. The van der Waals surface area contributed by atoms with Crippen molar-refractivity contribution >= 4 is 5.91 Å². The minimum Gasteiger partial charge on any atom is -0.508 e. The molecule has 0 radical (unpaired) electrons. The molecule has 1 unspecified atom stereocenters. The lowest BCUT2D eigenvalue weighted by Gasteiger charge is -2.19. The van der Waals surface area contributed by atoms with Crippen molar-refractivity contribution in [3.05, 3.63) is 29.3 Å². The molecule has 1 aliphatic rings. The van der Waals surface area contributed by atoms with Crippen LogP contribution in [0.5, 0.6) is 5.75 Å². The molecule has 1 saturated heterocycles. The minimum atomic E-state index is -0.309. The molecule has 2 rings (SSSR count). The highest BCUT2D eigenvalue weighted by Gasteiger charge is 2.29. The minimum absolute atomic E-state index is 0.128. The van der Waals surface area contributed by atoms with Crippen molar-refractivity contribution in [2.24, 2.45) is 0 Å². The van der Waals surface area contributed by atoms with Crippen LogP contribution in [0.25, 0.3) is 0 Å². The number of amides is 1. The predicted molar refractivity (Wildman–Crippen MR) is 62.5 cm³/mol. The first kappa shape index (κ1) is 11.5. The molecule has 1 aromatic rings. The van der Waals surface area contributed by atoms with Crippen LogP contribution in [-0.4, -0.2) is 28.5 Å². The van der Waals surface area contributed by atoms with Gasteiger partial charge in [-0.15, -0.1) is 0 Å². The average Bonchev–Trinajstić information content (AvgIpc) is 2.80. The van der Waals surface area contributed by atoms with Crippen molar-refractivity contribution in [1.29, 1.82) is 5.26 Å². The number of rotatable bonds is 1. The summed E-state index contributed by atoms with van der Waals surface area (Å²) in [7, 11) is 0. The second-order valence-electron chi connectivity index (χ2n) is 4.29. The number of benzene rings is 1. The molecule has 1 amide bonds. The van der Waals surface area contributed by atoms with Gasteiger partial charge in [0.05, 0.1) is 6.07 Å². The van der Waals surface area contributed by atoms with Gasteiger partial charge in [0.15, 0.2) is 0 Å². The summed E-state index contributed by atoms with van der Waals surface area (Å²) in [5.41, 5.74) is 1.20. The smallest absolute Gasteiger partial charge is 0.254 e. The molecular formula is C13H14N2O2. The van der Waals surface area contributed by atoms with Crippen LogP contribution in [-0.2, 0) is 0 Å². The van der Waals surface area contributed by atoms with E-state index in [0.717, 1.165) is 12.8 Å². The van der Waals surface area contributed by atoms with Crippen LogP contribution in [0.1, 0.15) is 28.8 Å². The Hall–Kier alpha value is -2.02. The lowest BCUT2D eigenvalue weighted by Crippen LogP contribution is -2.34. The molecule has 88 valence electrons. The maximum Gasteiger partial charge on any atom is 0.254 e. The molecule has 1 N–H and O–H groups in total. The monoisotopic (exact) mass is 230 g/mol. The molecule has 1 fully saturated rings. The van der Waals surface area contributed by atoms with Crippen molar-refractivity contribution in [3.8, 4) is 11.8 Å². The fraction of sp³-hybridized carbons (Fsp3) is 0.385. The number of likely N-dealkylation sites (tertiary alicyclic amines) is 1. The van der Waals surface area contributed by atoms with Gasteiger partial charge in [-0.1, -0.05) is 0 Å². The van der Waals surface area contributed by atoms with E-state index < -0.39 is 0 Å². The molecule has 4 nitrogen and oxygen atoms in total. The predicted octanol–water partition coefficient (Wildman–Crippen LogP) is 1.83. The molecule has 1 atom stereocenters. The molecule has 17 heavy (non-hydrogen) atoms. The van der Waals surface area contributed by atoms with Crippen molar-refractivity contribution in [2.45, 2.75) is 25.8 Å². The van der Waals surface area contributed by atoms with Crippen LogP contribution < -0.4 is 0 Å². The van der Waals surface area contributed by atoms with Gasteiger partial charge in [0.2, 0.25) is 0 Å². The molecule has 0 aliphatic carbocycles. The Kier molecular flexibility index (Phi) is 3.01. The van der Waals surface area contributed by atoms with E-state index in [1.165, 1.54) is 6.07 Å². The van der Waals surface area contributed by atoms with Crippen LogP contribution in [0.3, 0.4) is 0 Å². The Balaban J connectivity index is 2.25. The summed E-state index contributed by atoms with van der Waals surface area (Å²) in [5, 5.41) is 18.4. The van der Waals surface area contributed by atoms with E-state index >= 15 is 0 Å². The van der Waals surface area contributed by atoms with Crippen LogP contribution in [0, 0.1) is 18.3 Å².